The van der Waals surface area contributed by atoms with Crippen LogP contribution >= 0.6 is 0 Å². The van der Waals surface area contributed by atoms with Crippen molar-refractivity contribution in [3.05, 3.63) is 54.1 Å². The van der Waals surface area contributed by atoms with Crippen molar-refractivity contribution < 1.29 is 12.9 Å². The molecule has 0 bridgehead atoms. The van der Waals surface area contributed by atoms with E-state index >= 15 is 0 Å². The first kappa shape index (κ1) is 17.8. The third-order valence-corrected chi connectivity index (χ3v) is 6.59. The van der Waals surface area contributed by atoms with Crippen LogP contribution in [-0.2, 0) is 16.6 Å². The molecule has 0 unspecified atom stereocenters. The van der Waals surface area contributed by atoms with Gasteiger partial charge in [-0.25, -0.2) is 8.42 Å². The van der Waals surface area contributed by atoms with Crippen LogP contribution in [0.3, 0.4) is 0 Å². The Hall–Kier alpha value is -2.55. The van der Waals surface area contributed by atoms with Gasteiger partial charge < -0.3 is 10.3 Å². The maximum Gasteiger partial charge on any atom is 0.258 e. The Bertz CT molecular complexity index is 1020. The summed E-state index contributed by atoms with van der Waals surface area (Å²) < 4.78 is 32.0. The van der Waals surface area contributed by atoms with Crippen LogP contribution in [0.4, 0.5) is 0 Å². The summed E-state index contributed by atoms with van der Waals surface area (Å²) in [5, 5.41) is 4.01. The molecule has 140 valence electrons. The molecule has 3 aromatic rings. The second kappa shape index (κ2) is 7.22. The fraction of sp³-hybridized carbons (Fsp3) is 0.263. The second-order valence-corrected chi connectivity index (χ2v) is 8.40. The lowest BCUT2D eigenvalue weighted by atomic mass is 10.1. The Morgan fingerprint density at radius 2 is 1.59 bits per heavy atom. The van der Waals surface area contributed by atoms with Gasteiger partial charge in [-0.15, -0.1) is 0 Å². The predicted octanol–water partition coefficient (Wildman–Crippen LogP) is 2.65. The molecule has 2 N–H and O–H groups in total. The number of hydrogen-bond donors (Lipinski definition) is 1. The molecule has 2 aromatic carbocycles. The molecular weight excluding hydrogens is 364 g/mol. The van der Waals surface area contributed by atoms with E-state index in [9.17, 15) is 8.42 Å². The van der Waals surface area contributed by atoms with Crippen molar-refractivity contribution in [2.24, 2.45) is 5.73 Å². The summed E-state index contributed by atoms with van der Waals surface area (Å²) >= 11 is 0. The van der Waals surface area contributed by atoms with Crippen molar-refractivity contribution in [1.29, 1.82) is 0 Å². The molecular formula is C19H20N4O3S. The topological polar surface area (TPSA) is 102 Å². The summed E-state index contributed by atoms with van der Waals surface area (Å²) in [6, 6.07) is 14.2. The maximum absolute atomic E-state index is 12.6. The van der Waals surface area contributed by atoms with E-state index in [-0.39, 0.29) is 4.90 Å². The monoisotopic (exact) mass is 384 g/mol. The maximum atomic E-state index is 12.6. The zero-order valence-corrected chi connectivity index (χ0v) is 15.5. The molecule has 27 heavy (non-hydrogen) atoms. The molecule has 2 heterocycles. The van der Waals surface area contributed by atoms with Gasteiger partial charge in [-0.2, -0.15) is 9.29 Å². The van der Waals surface area contributed by atoms with Crippen LogP contribution in [-0.4, -0.2) is 36.0 Å². The molecule has 0 saturated carbocycles. The van der Waals surface area contributed by atoms with Gasteiger partial charge in [0.2, 0.25) is 15.8 Å². The van der Waals surface area contributed by atoms with Gasteiger partial charge in [-0.05, 0) is 42.7 Å². The smallest absolute Gasteiger partial charge is 0.258 e. The summed E-state index contributed by atoms with van der Waals surface area (Å²) in [5.74, 6) is 0.820. The van der Waals surface area contributed by atoms with E-state index < -0.39 is 10.0 Å². The second-order valence-electron chi connectivity index (χ2n) is 6.46. The third kappa shape index (κ3) is 3.51. The van der Waals surface area contributed by atoms with E-state index in [0.29, 0.717) is 36.9 Å². The quantitative estimate of drug-likeness (QED) is 0.725. The highest BCUT2D eigenvalue weighted by Crippen LogP contribution is 2.26. The van der Waals surface area contributed by atoms with Gasteiger partial charge in [0.05, 0.1) is 4.90 Å². The number of benzene rings is 2. The number of aromatic nitrogens is 2. The molecule has 0 radical (unpaired) electrons. The molecule has 1 aliphatic rings. The van der Waals surface area contributed by atoms with Gasteiger partial charge >= 0.3 is 0 Å². The molecule has 0 aliphatic carbocycles. The van der Waals surface area contributed by atoms with Gasteiger partial charge in [0.1, 0.15) is 0 Å². The standard InChI is InChI=1S/C19H20N4O3S/c20-13-14-3-5-15(6-4-14)18-21-19(26-22-18)16-7-9-17(10-8-16)27(24,25)23-11-1-2-12-23/h3-10H,1-2,11-13,20H2. The lowest BCUT2D eigenvalue weighted by Crippen LogP contribution is -2.27. The zero-order valence-electron chi connectivity index (χ0n) is 14.7. The first-order valence-electron chi connectivity index (χ1n) is 8.81. The van der Waals surface area contributed by atoms with Crippen molar-refractivity contribution in [3.63, 3.8) is 0 Å². The van der Waals surface area contributed by atoms with Crippen molar-refractivity contribution in [1.82, 2.24) is 14.4 Å². The zero-order chi connectivity index (χ0) is 18.9. The van der Waals surface area contributed by atoms with Gasteiger partial charge in [-0.3, -0.25) is 0 Å². The van der Waals surface area contributed by atoms with Crippen LogP contribution in [0, 0.1) is 0 Å². The van der Waals surface area contributed by atoms with Crippen LogP contribution in [0.15, 0.2) is 57.9 Å². The first-order chi connectivity index (χ1) is 13.1. The largest absolute Gasteiger partial charge is 0.334 e. The van der Waals surface area contributed by atoms with Crippen LogP contribution in [0.1, 0.15) is 18.4 Å². The molecule has 1 aromatic heterocycles. The van der Waals surface area contributed by atoms with E-state index in [1.54, 1.807) is 24.3 Å². The minimum atomic E-state index is -3.43. The Kier molecular flexibility index (Phi) is 4.77. The number of rotatable bonds is 5. The van der Waals surface area contributed by atoms with Crippen LogP contribution < -0.4 is 5.73 Å². The highest BCUT2D eigenvalue weighted by Gasteiger charge is 2.27. The Labute approximate surface area is 157 Å². The number of nitrogens with zero attached hydrogens (tertiary/aromatic N) is 3. The van der Waals surface area contributed by atoms with Crippen molar-refractivity contribution in [2.75, 3.05) is 13.1 Å². The lowest BCUT2D eigenvalue weighted by Gasteiger charge is -2.15. The summed E-state index contributed by atoms with van der Waals surface area (Å²) in [6.45, 7) is 1.64. The summed E-state index contributed by atoms with van der Waals surface area (Å²) in [5.41, 5.74) is 8.13. The fourth-order valence-electron chi connectivity index (χ4n) is 3.09. The molecule has 0 atom stereocenters. The SMILES string of the molecule is NCc1ccc(-c2noc(-c3ccc(S(=O)(=O)N4CCCC4)cc3)n2)cc1. The summed E-state index contributed by atoms with van der Waals surface area (Å²) in [4.78, 5) is 4.69. The van der Waals surface area contributed by atoms with Gasteiger partial charge in [0.15, 0.2) is 0 Å². The van der Waals surface area contributed by atoms with Crippen molar-refractivity contribution in [3.8, 4) is 22.8 Å². The van der Waals surface area contributed by atoms with E-state index in [2.05, 4.69) is 10.1 Å². The third-order valence-electron chi connectivity index (χ3n) is 4.68. The van der Waals surface area contributed by atoms with Gasteiger partial charge in [0, 0.05) is 30.8 Å². The first-order valence-corrected chi connectivity index (χ1v) is 10.3. The summed E-state index contributed by atoms with van der Waals surface area (Å²) in [7, 11) is -3.43. The molecule has 1 saturated heterocycles. The average molecular weight is 384 g/mol. The van der Waals surface area contributed by atoms with E-state index in [1.165, 1.54) is 4.31 Å². The minimum absolute atomic E-state index is 0.283. The van der Waals surface area contributed by atoms with E-state index in [4.69, 9.17) is 10.3 Å². The number of sulfonamides is 1. The van der Waals surface area contributed by atoms with Crippen LogP contribution in [0.2, 0.25) is 0 Å². The molecule has 1 fully saturated rings. The highest BCUT2D eigenvalue weighted by atomic mass is 32.2. The molecule has 7 nitrogen and oxygen atoms in total. The van der Waals surface area contributed by atoms with Crippen LogP contribution in [0.25, 0.3) is 22.8 Å². The average Bonchev–Trinajstić information content (AvgIpc) is 3.41. The fourth-order valence-corrected chi connectivity index (χ4v) is 4.61. The van der Waals surface area contributed by atoms with Gasteiger partial charge in [0.25, 0.3) is 5.89 Å². The summed E-state index contributed by atoms with van der Waals surface area (Å²) in [6.07, 6.45) is 1.82. The number of hydrogen-bond acceptors (Lipinski definition) is 6. The minimum Gasteiger partial charge on any atom is -0.334 e. The van der Waals surface area contributed by atoms with Crippen molar-refractivity contribution >= 4 is 10.0 Å². The van der Waals surface area contributed by atoms with Gasteiger partial charge in [-0.1, -0.05) is 29.4 Å². The van der Waals surface area contributed by atoms with E-state index in [1.807, 2.05) is 24.3 Å². The predicted molar refractivity (Wildman–Crippen MR) is 101 cm³/mol. The number of nitrogens with two attached hydrogens (primary N) is 1. The van der Waals surface area contributed by atoms with Crippen LogP contribution in [0.5, 0.6) is 0 Å². The molecule has 4 rings (SSSR count). The molecule has 1 aliphatic heterocycles. The van der Waals surface area contributed by atoms with E-state index in [0.717, 1.165) is 24.0 Å². The highest BCUT2D eigenvalue weighted by molar-refractivity contribution is 7.89. The molecule has 8 heteroatoms. The normalized spacial score (nSPS) is 15.3. The Morgan fingerprint density at radius 3 is 2.22 bits per heavy atom. The Morgan fingerprint density at radius 1 is 0.963 bits per heavy atom. The van der Waals surface area contributed by atoms with Crippen molar-refractivity contribution in [2.45, 2.75) is 24.3 Å². The molecule has 0 spiro atoms. The molecule has 0 amide bonds. The lowest BCUT2D eigenvalue weighted by molar-refractivity contribution is 0.432. The Balaban J connectivity index is 1.56.